The van der Waals surface area contributed by atoms with Crippen LogP contribution in [0.4, 0.5) is 0 Å². The van der Waals surface area contributed by atoms with Crippen molar-refractivity contribution < 1.29 is 17.1 Å². The first-order chi connectivity index (χ1) is 3.29. The summed E-state index contributed by atoms with van der Waals surface area (Å²) >= 11 is 10.8. The van der Waals surface area contributed by atoms with Gasteiger partial charge < -0.3 is 0 Å². The number of nitrogens with one attached hydrogen (secondary N) is 2. The largest absolute Gasteiger partial charge is 2.00 e. The summed E-state index contributed by atoms with van der Waals surface area (Å²) in [6.45, 7) is 0. The Morgan fingerprint density at radius 3 is 1.62 bits per heavy atom. The molecule has 1 aromatic rings. The number of aromatic amines is 2. The molecule has 0 aliphatic rings. The number of hydrogen-bond acceptors (Lipinski definition) is 3. The quantitative estimate of drug-likeness (QED) is 0.510. The molecule has 1 radical (unpaired) electrons. The first-order valence-electron chi connectivity index (χ1n) is 1.57. The summed E-state index contributed by atoms with van der Waals surface area (Å²) in [6.07, 6.45) is 0. The molecule has 0 atom stereocenters. The molecule has 0 saturated heterocycles. The zero-order valence-electron chi connectivity index (χ0n) is 3.53. The van der Waals surface area contributed by atoms with Gasteiger partial charge in [-0.25, -0.2) is 0 Å². The number of aromatic nitrogens is 2. The van der Waals surface area contributed by atoms with Gasteiger partial charge in [0.2, 0.25) is 0 Å². The van der Waals surface area contributed by atoms with Gasteiger partial charge in [-0.15, -0.1) is 0 Å². The molecular weight excluding hydrogens is 212 g/mol. The van der Waals surface area contributed by atoms with Crippen LogP contribution in [0.5, 0.6) is 0 Å². The van der Waals surface area contributed by atoms with Crippen LogP contribution in [0.1, 0.15) is 0 Å². The molecule has 0 bridgehead atoms. The molecule has 1 aromatic heterocycles. The molecule has 0 saturated carbocycles. The second-order valence-corrected chi connectivity index (χ2v) is 3.28. The van der Waals surface area contributed by atoms with Gasteiger partial charge in [-0.2, -0.15) is 0 Å². The van der Waals surface area contributed by atoms with Gasteiger partial charge in [0.15, 0.2) is 7.91 Å². The van der Waals surface area contributed by atoms with Crippen molar-refractivity contribution in [1.82, 2.24) is 10.2 Å². The molecule has 0 spiro atoms. The van der Waals surface area contributed by atoms with E-state index in [-0.39, 0.29) is 17.1 Å². The van der Waals surface area contributed by atoms with Crippen LogP contribution in [0.2, 0.25) is 0 Å². The van der Waals surface area contributed by atoms with Crippen LogP contribution in [0.3, 0.4) is 0 Å². The van der Waals surface area contributed by atoms with Gasteiger partial charge >= 0.3 is 17.1 Å². The van der Waals surface area contributed by atoms with Gasteiger partial charge in [-0.1, -0.05) is 11.3 Å². The van der Waals surface area contributed by atoms with E-state index in [9.17, 15) is 0 Å². The summed E-state index contributed by atoms with van der Waals surface area (Å²) in [5, 5.41) is 5.34. The molecule has 2 nitrogen and oxygen atoms in total. The summed E-state index contributed by atoms with van der Waals surface area (Å²) in [4.78, 5) is 0. The Balaban J connectivity index is 0.000000490. The molecule has 47 valence electrons. The van der Waals surface area contributed by atoms with Gasteiger partial charge in [0.25, 0.3) is 0 Å². The molecular formula is C2H2CuN2S3+2. The van der Waals surface area contributed by atoms with Crippen molar-refractivity contribution in [2.45, 2.75) is 0 Å². The molecule has 8 heavy (non-hydrogen) atoms. The van der Waals surface area contributed by atoms with Crippen molar-refractivity contribution in [3.05, 3.63) is 7.91 Å². The van der Waals surface area contributed by atoms with Crippen LogP contribution in [0.25, 0.3) is 0 Å². The predicted molar refractivity (Wildman–Crippen MR) is 34.7 cm³/mol. The predicted octanol–water partition coefficient (Wildman–Crippen LogP) is 1.86. The molecule has 2 N–H and O–H groups in total. The molecule has 0 aromatic carbocycles. The third kappa shape index (κ3) is 2.19. The zero-order chi connectivity index (χ0) is 5.28. The minimum Gasteiger partial charge on any atom is -0.281 e. The molecule has 0 aliphatic heterocycles. The zero-order valence-corrected chi connectivity index (χ0v) is 6.92. The average molecular weight is 214 g/mol. The normalized spacial score (nSPS) is 8.00. The van der Waals surface area contributed by atoms with E-state index < -0.39 is 0 Å². The minimum absolute atomic E-state index is 0. The van der Waals surface area contributed by atoms with Crippen LogP contribution < -0.4 is 0 Å². The van der Waals surface area contributed by atoms with Crippen molar-refractivity contribution >= 4 is 35.8 Å². The van der Waals surface area contributed by atoms with E-state index in [2.05, 4.69) is 10.2 Å². The fourth-order valence-electron chi connectivity index (χ4n) is 0.237. The third-order valence-electron chi connectivity index (χ3n) is 0.452. The van der Waals surface area contributed by atoms with E-state index in [1.807, 2.05) is 0 Å². The van der Waals surface area contributed by atoms with Gasteiger partial charge in [0.05, 0.1) is 0 Å². The molecule has 0 aliphatic carbocycles. The van der Waals surface area contributed by atoms with Crippen molar-refractivity contribution in [2.75, 3.05) is 0 Å². The maximum Gasteiger partial charge on any atom is 2.00 e. The van der Waals surface area contributed by atoms with E-state index in [1.165, 1.54) is 11.3 Å². The maximum atomic E-state index is 4.70. The Hall–Kier alpha value is 0.519. The summed E-state index contributed by atoms with van der Waals surface area (Å²) in [6, 6.07) is 0. The monoisotopic (exact) mass is 213 g/mol. The van der Waals surface area contributed by atoms with Crippen LogP contribution in [0, 0.1) is 7.91 Å². The fraction of sp³-hybridized carbons (Fsp3) is 0. The van der Waals surface area contributed by atoms with Crippen molar-refractivity contribution in [3.63, 3.8) is 0 Å². The van der Waals surface area contributed by atoms with E-state index in [1.54, 1.807) is 0 Å². The minimum atomic E-state index is 0. The van der Waals surface area contributed by atoms with Crippen molar-refractivity contribution in [2.24, 2.45) is 0 Å². The summed E-state index contributed by atoms with van der Waals surface area (Å²) in [5.74, 6) is 0. The molecule has 0 unspecified atom stereocenters. The molecule has 6 heteroatoms. The van der Waals surface area contributed by atoms with Crippen LogP contribution in [-0.4, -0.2) is 10.2 Å². The smallest absolute Gasteiger partial charge is 0.281 e. The van der Waals surface area contributed by atoms with Crippen LogP contribution in [-0.2, 0) is 17.1 Å². The maximum absolute atomic E-state index is 4.70. The standard InChI is InChI=1S/C2H2N2S3.Cu/c5-1-3-4-2(6)7-1;/h(H,3,5)(H,4,6);/q;+2. The van der Waals surface area contributed by atoms with E-state index in [4.69, 9.17) is 24.4 Å². The van der Waals surface area contributed by atoms with Gasteiger partial charge in [0.1, 0.15) is 0 Å². The Labute approximate surface area is 70.8 Å². The van der Waals surface area contributed by atoms with Crippen LogP contribution in [0.15, 0.2) is 0 Å². The van der Waals surface area contributed by atoms with Crippen molar-refractivity contribution in [1.29, 1.82) is 0 Å². The van der Waals surface area contributed by atoms with E-state index >= 15 is 0 Å². The number of H-pyrrole nitrogens is 2. The Bertz CT molecular complexity index is 220. The molecule has 0 fully saturated rings. The second kappa shape index (κ2) is 3.53. The molecule has 1 rings (SSSR count). The SMILES string of the molecule is S=c1[nH][nH]c(=S)s1.[Cu+2]. The Morgan fingerprint density at radius 1 is 1.12 bits per heavy atom. The Kier molecular flexibility index (Phi) is 3.76. The number of rotatable bonds is 0. The van der Waals surface area contributed by atoms with Gasteiger partial charge in [0, 0.05) is 0 Å². The first-order valence-corrected chi connectivity index (χ1v) is 3.20. The average Bonchev–Trinajstić information content (AvgIpc) is 1.87. The second-order valence-electron chi connectivity index (χ2n) is 0.927. The fourth-order valence-corrected chi connectivity index (χ4v) is 1.37. The Morgan fingerprint density at radius 2 is 1.50 bits per heavy atom. The van der Waals surface area contributed by atoms with E-state index in [0.717, 1.165) is 0 Å². The summed E-state index contributed by atoms with van der Waals surface area (Å²) in [5.41, 5.74) is 0. The third-order valence-corrected chi connectivity index (χ3v) is 1.73. The first kappa shape index (κ1) is 8.52. The molecule has 0 amide bonds. The topological polar surface area (TPSA) is 31.6 Å². The van der Waals surface area contributed by atoms with Gasteiger partial charge in [-0.05, 0) is 24.4 Å². The summed E-state index contributed by atoms with van der Waals surface area (Å²) in [7, 11) is 0. The molecule has 1 heterocycles. The van der Waals surface area contributed by atoms with Crippen LogP contribution >= 0.6 is 35.8 Å². The van der Waals surface area contributed by atoms with E-state index in [0.29, 0.717) is 7.91 Å². The number of hydrogen-bond donors (Lipinski definition) is 2. The summed E-state index contributed by atoms with van der Waals surface area (Å²) < 4.78 is 1.40. The van der Waals surface area contributed by atoms with Gasteiger partial charge in [-0.3, -0.25) is 10.2 Å². The van der Waals surface area contributed by atoms with Crippen molar-refractivity contribution in [3.8, 4) is 0 Å².